The van der Waals surface area contributed by atoms with Crippen molar-refractivity contribution >= 4 is 5.97 Å². The first-order valence-electron chi connectivity index (χ1n) is 7.03. The fourth-order valence-electron chi connectivity index (χ4n) is 2.90. The van der Waals surface area contributed by atoms with Gasteiger partial charge in [-0.25, -0.2) is 0 Å². The van der Waals surface area contributed by atoms with E-state index in [-0.39, 0.29) is 17.0 Å². The second-order valence-corrected chi connectivity index (χ2v) is 6.31. The van der Waals surface area contributed by atoms with Crippen molar-refractivity contribution in [2.24, 2.45) is 17.3 Å². The van der Waals surface area contributed by atoms with Crippen LogP contribution in [-0.4, -0.2) is 11.6 Å². The molecule has 1 fully saturated rings. The van der Waals surface area contributed by atoms with Gasteiger partial charge < -0.3 is 4.74 Å². The molecular weight excluding hydrogens is 212 g/mol. The van der Waals surface area contributed by atoms with Crippen LogP contribution in [0.1, 0.15) is 67.2 Å². The average molecular weight is 240 g/mol. The molecule has 1 saturated carbocycles. The normalized spacial score (nSPS) is 33.8. The zero-order chi connectivity index (χ0) is 13.3. The molecule has 0 N–H and O–H groups in total. The molecule has 2 atom stereocenters. The lowest BCUT2D eigenvalue weighted by Crippen LogP contribution is -2.45. The van der Waals surface area contributed by atoms with Gasteiger partial charge in [0.15, 0.2) is 0 Å². The van der Waals surface area contributed by atoms with Crippen molar-refractivity contribution in [2.45, 2.75) is 72.8 Å². The van der Waals surface area contributed by atoms with Gasteiger partial charge in [-0.3, -0.25) is 4.79 Å². The molecule has 0 amide bonds. The topological polar surface area (TPSA) is 26.3 Å². The lowest BCUT2D eigenvalue weighted by Gasteiger charge is -2.39. The monoisotopic (exact) mass is 240 g/mol. The third-order valence-corrected chi connectivity index (χ3v) is 4.97. The Labute approximate surface area is 106 Å². The summed E-state index contributed by atoms with van der Waals surface area (Å²) in [4.78, 5) is 12.3. The highest BCUT2D eigenvalue weighted by Crippen LogP contribution is 2.46. The van der Waals surface area contributed by atoms with Gasteiger partial charge in [-0.1, -0.05) is 27.7 Å². The highest BCUT2D eigenvalue weighted by atomic mass is 16.6. The summed E-state index contributed by atoms with van der Waals surface area (Å²) >= 11 is 0. The Kier molecular flexibility index (Phi) is 4.27. The number of hydrogen-bond acceptors (Lipinski definition) is 2. The molecule has 2 heteroatoms. The molecule has 2 unspecified atom stereocenters. The smallest absolute Gasteiger partial charge is 0.312 e. The number of carbonyl (C=O) groups is 1. The SMILES string of the molecule is CCC(C)(C)C(=O)OC1(CC)C(C)CCC1C. The Hall–Kier alpha value is -0.530. The van der Waals surface area contributed by atoms with Crippen molar-refractivity contribution in [3.8, 4) is 0 Å². The van der Waals surface area contributed by atoms with Crippen LogP contribution in [0.3, 0.4) is 0 Å². The molecule has 0 aromatic rings. The molecule has 2 nitrogen and oxygen atoms in total. The van der Waals surface area contributed by atoms with Crippen molar-refractivity contribution in [3.63, 3.8) is 0 Å². The fraction of sp³-hybridized carbons (Fsp3) is 0.933. The van der Waals surface area contributed by atoms with Gasteiger partial charge >= 0.3 is 5.97 Å². The maximum atomic E-state index is 12.3. The Morgan fingerprint density at radius 3 is 2.06 bits per heavy atom. The van der Waals surface area contributed by atoms with E-state index in [0.717, 1.165) is 12.8 Å². The molecule has 0 radical (unpaired) electrons. The number of hydrogen-bond donors (Lipinski definition) is 0. The number of esters is 1. The van der Waals surface area contributed by atoms with E-state index in [2.05, 4.69) is 20.8 Å². The Morgan fingerprint density at radius 2 is 1.71 bits per heavy atom. The molecule has 0 spiro atoms. The Balaban J connectivity index is 2.87. The van der Waals surface area contributed by atoms with E-state index in [4.69, 9.17) is 4.74 Å². The molecule has 100 valence electrons. The van der Waals surface area contributed by atoms with Gasteiger partial charge in [0, 0.05) is 0 Å². The third kappa shape index (κ3) is 2.51. The molecule has 0 aliphatic heterocycles. The van der Waals surface area contributed by atoms with Crippen molar-refractivity contribution < 1.29 is 9.53 Å². The molecule has 17 heavy (non-hydrogen) atoms. The average Bonchev–Trinajstić information content (AvgIpc) is 2.57. The van der Waals surface area contributed by atoms with Crippen LogP contribution in [-0.2, 0) is 9.53 Å². The molecule has 0 aromatic carbocycles. The first-order chi connectivity index (χ1) is 7.80. The number of ether oxygens (including phenoxy) is 1. The van der Waals surface area contributed by atoms with Gasteiger partial charge in [0.05, 0.1) is 5.41 Å². The summed E-state index contributed by atoms with van der Waals surface area (Å²) in [5, 5.41) is 0. The van der Waals surface area contributed by atoms with Crippen LogP contribution >= 0.6 is 0 Å². The lowest BCUT2D eigenvalue weighted by atomic mass is 9.82. The number of rotatable bonds is 4. The molecular formula is C15H28O2. The lowest BCUT2D eigenvalue weighted by molar-refractivity contribution is -0.180. The first kappa shape index (κ1) is 14.5. The molecule has 0 aromatic heterocycles. The minimum absolute atomic E-state index is 0.0255. The predicted molar refractivity (Wildman–Crippen MR) is 70.7 cm³/mol. The van der Waals surface area contributed by atoms with Crippen LogP contribution in [0.25, 0.3) is 0 Å². The largest absolute Gasteiger partial charge is 0.458 e. The highest BCUT2D eigenvalue weighted by molar-refractivity contribution is 5.76. The van der Waals surface area contributed by atoms with E-state index >= 15 is 0 Å². The second kappa shape index (κ2) is 4.99. The maximum Gasteiger partial charge on any atom is 0.312 e. The predicted octanol–water partition coefficient (Wildman–Crippen LogP) is 4.18. The summed E-state index contributed by atoms with van der Waals surface area (Å²) in [5.74, 6) is 0.945. The van der Waals surface area contributed by atoms with Gasteiger partial charge in [-0.2, -0.15) is 0 Å². The highest BCUT2D eigenvalue weighted by Gasteiger charge is 2.49. The molecule has 1 rings (SSSR count). The minimum Gasteiger partial charge on any atom is -0.458 e. The van der Waals surface area contributed by atoms with Crippen LogP contribution in [0.2, 0.25) is 0 Å². The van der Waals surface area contributed by atoms with E-state index in [0.29, 0.717) is 11.8 Å². The van der Waals surface area contributed by atoms with E-state index in [1.807, 2.05) is 20.8 Å². The summed E-state index contributed by atoms with van der Waals surface area (Å²) in [6.45, 7) is 12.6. The van der Waals surface area contributed by atoms with Gasteiger partial charge in [0.2, 0.25) is 0 Å². The summed E-state index contributed by atoms with van der Waals surface area (Å²) in [6, 6.07) is 0. The van der Waals surface area contributed by atoms with Crippen LogP contribution in [0, 0.1) is 17.3 Å². The maximum absolute atomic E-state index is 12.3. The Bertz CT molecular complexity index is 271. The Morgan fingerprint density at radius 1 is 1.24 bits per heavy atom. The van der Waals surface area contributed by atoms with Gasteiger partial charge in [0.25, 0.3) is 0 Å². The second-order valence-electron chi connectivity index (χ2n) is 6.31. The van der Waals surface area contributed by atoms with Gasteiger partial charge in [0.1, 0.15) is 5.60 Å². The van der Waals surface area contributed by atoms with Gasteiger partial charge in [-0.15, -0.1) is 0 Å². The van der Waals surface area contributed by atoms with E-state index < -0.39 is 0 Å². The van der Waals surface area contributed by atoms with Crippen LogP contribution in [0.15, 0.2) is 0 Å². The van der Waals surface area contributed by atoms with Crippen molar-refractivity contribution in [2.75, 3.05) is 0 Å². The molecule has 0 heterocycles. The van der Waals surface area contributed by atoms with Gasteiger partial charge in [-0.05, 0) is 51.4 Å². The van der Waals surface area contributed by atoms with E-state index in [9.17, 15) is 4.79 Å². The third-order valence-electron chi connectivity index (χ3n) is 4.97. The van der Waals surface area contributed by atoms with Crippen molar-refractivity contribution in [1.82, 2.24) is 0 Å². The van der Waals surface area contributed by atoms with Crippen LogP contribution < -0.4 is 0 Å². The minimum atomic E-state index is -0.357. The molecule has 0 saturated heterocycles. The summed E-state index contributed by atoms with van der Waals surface area (Å²) < 4.78 is 5.99. The summed E-state index contributed by atoms with van der Waals surface area (Å²) in [5.41, 5.74) is -0.576. The zero-order valence-electron chi connectivity index (χ0n) is 12.3. The standard InChI is InChI=1S/C15H28O2/c1-7-14(5,6)13(16)17-15(8-2)11(3)9-10-12(15)4/h11-12H,7-10H2,1-6H3. The molecule has 1 aliphatic carbocycles. The number of carbonyl (C=O) groups excluding carboxylic acids is 1. The summed E-state index contributed by atoms with van der Waals surface area (Å²) in [6.07, 6.45) is 4.11. The van der Waals surface area contributed by atoms with Crippen LogP contribution in [0.4, 0.5) is 0 Å². The summed E-state index contributed by atoms with van der Waals surface area (Å²) in [7, 11) is 0. The quantitative estimate of drug-likeness (QED) is 0.689. The van der Waals surface area contributed by atoms with Crippen molar-refractivity contribution in [3.05, 3.63) is 0 Å². The molecule has 0 bridgehead atoms. The van der Waals surface area contributed by atoms with Crippen LogP contribution in [0.5, 0.6) is 0 Å². The van der Waals surface area contributed by atoms with E-state index in [1.54, 1.807) is 0 Å². The fourth-order valence-corrected chi connectivity index (χ4v) is 2.90. The zero-order valence-corrected chi connectivity index (χ0v) is 12.3. The van der Waals surface area contributed by atoms with Crippen molar-refractivity contribution in [1.29, 1.82) is 0 Å². The molecule has 1 aliphatic rings. The first-order valence-corrected chi connectivity index (χ1v) is 7.03. The van der Waals surface area contributed by atoms with E-state index in [1.165, 1.54) is 12.8 Å².